The van der Waals surface area contributed by atoms with Crippen LogP contribution in [0.4, 0.5) is 0 Å². The van der Waals surface area contributed by atoms with Crippen molar-refractivity contribution in [1.29, 1.82) is 0 Å². The second kappa shape index (κ2) is 3.49. The summed E-state index contributed by atoms with van der Waals surface area (Å²) in [5.41, 5.74) is 0.886. The van der Waals surface area contributed by atoms with Crippen LogP contribution in [0.25, 0.3) is 0 Å². The number of nitrogens with zero attached hydrogens (tertiary/aromatic N) is 2. The van der Waals surface area contributed by atoms with E-state index in [2.05, 4.69) is 5.10 Å². The van der Waals surface area contributed by atoms with Crippen LogP contribution in [0.2, 0.25) is 0 Å². The number of cyclic esters (lactones) is 1. The second-order valence-electron chi connectivity index (χ2n) is 3.04. The molecule has 0 fully saturated rings. The smallest absolute Gasteiger partial charge is 0.341 e. The first-order chi connectivity index (χ1) is 6.79. The molecule has 4 nitrogen and oxygen atoms in total. The Balaban J connectivity index is 2.33. The highest BCUT2D eigenvalue weighted by molar-refractivity contribution is 5.85. The Kier molecular flexibility index (Phi) is 2.18. The number of hydrazone groups is 1. The number of benzene rings is 1. The Morgan fingerprint density at radius 1 is 1.36 bits per heavy atom. The van der Waals surface area contributed by atoms with Crippen molar-refractivity contribution in [3.8, 4) is 0 Å². The monoisotopic (exact) mass is 190 g/mol. The Hall–Kier alpha value is -1.84. The summed E-state index contributed by atoms with van der Waals surface area (Å²) >= 11 is 0. The SMILES string of the molecule is CN1N=COC(=O)C1c1ccccc1. The third-order valence-corrected chi connectivity index (χ3v) is 2.11. The maximum Gasteiger partial charge on any atom is 0.341 e. The molecule has 72 valence electrons. The highest BCUT2D eigenvalue weighted by Gasteiger charge is 2.28. The zero-order valence-electron chi connectivity index (χ0n) is 7.75. The van der Waals surface area contributed by atoms with Crippen LogP contribution < -0.4 is 0 Å². The van der Waals surface area contributed by atoms with Gasteiger partial charge in [0, 0.05) is 7.05 Å². The van der Waals surface area contributed by atoms with Crippen molar-refractivity contribution in [3.63, 3.8) is 0 Å². The van der Waals surface area contributed by atoms with E-state index in [-0.39, 0.29) is 5.97 Å². The largest absolute Gasteiger partial charge is 0.411 e. The van der Waals surface area contributed by atoms with Crippen LogP contribution in [0.1, 0.15) is 11.6 Å². The van der Waals surface area contributed by atoms with E-state index in [1.807, 2.05) is 30.3 Å². The summed E-state index contributed by atoms with van der Waals surface area (Å²) in [6.45, 7) is 0. The Labute approximate surface area is 81.8 Å². The molecule has 1 heterocycles. The van der Waals surface area contributed by atoms with Gasteiger partial charge in [-0.3, -0.25) is 5.01 Å². The van der Waals surface area contributed by atoms with Gasteiger partial charge in [0.25, 0.3) is 0 Å². The first kappa shape index (κ1) is 8.74. The molecule has 0 bridgehead atoms. The molecule has 1 aromatic carbocycles. The third-order valence-electron chi connectivity index (χ3n) is 2.11. The molecule has 1 aliphatic heterocycles. The Bertz CT molecular complexity index is 362. The quantitative estimate of drug-likeness (QED) is 0.624. The van der Waals surface area contributed by atoms with E-state index >= 15 is 0 Å². The maximum atomic E-state index is 11.5. The van der Waals surface area contributed by atoms with Gasteiger partial charge in [0.2, 0.25) is 6.40 Å². The standard InChI is InChI=1S/C10H10N2O2/c1-12-9(10(13)14-7-11-12)8-5-3-2-4-6-8/h2-7,9H,1H3. The Morgan fingerprint density at radius 3 is 2.71 bits per heavy atom. The predicted octanol–water partition coefficient (Wildman–Crippen LogP) is 1.16. The van der Waals surface area contributed by atoms with E-state index < -0.39 is 6.04 Å². The molecule has 2 rings (SSSR count). The minimum absolute atomic E-state index is 0.297. The number of ether oxygens (including phenoxy) is 1. The molecule has 14 heavy (non-hydrogen) atoms. The minimum atomic E-state index is -0.429. The number of hydrogen-bond acceptors (Lipinski definition) is 4. The van der Waals surface area contributed by atoms with Crippen molar-refractivity contribution < 1.29 is 9.53 Å². The molecule has 0 saturated carbocycles. The van der Waals surface area contributed by atoms with Crippen LogP contribution in [0, 0.1) is 0 Å². The van der Waals surface area contributed by atoms with Gasteiger partial charge in [-0.05, 0) is 5.56 Å². The lowest BCUT2D eigenvalue weighted by Crippen LogP contribution is -2.32. The van der Waals surface area contributed by atoms with Gasteiger partial charge in [-0.15, -0.1) is 5.10 Å². The van der Waals surface area contributed by atoms with Crippen LogP contribution >= 0.6 is 0 Å². The van der Waals surface area contributed by atoms with E-state index in [0.717, 1.165) is 12.0 Å². The van der Waals surface area contributed by atoms with E-state index in [4.69, 9.17) is 4.74 Å². The van der Waals surface area contributed by atoms with Crippen molar-refractivity contribution in [2.24, 2.45) is 5.10 Å². The topological polar surface area (TPSA) is 41.9 Å². The highest BCUT2D eigenvalue weighted by atomic mass is 16.5. The van der Waals surface area contributed by atoms with Crippen molar-refractivity contribution in [2.75, 3.05) is 7.05 Å². The minimum Gasteiger partial charge on any atom is -0.411 e. The average Bonchev–Trinajstić information content (AvgIpc) is 2.19. The predicted molar refractivity (Wildman–Crippen MR) is 51.5 cm³/mol. The van der Waals surface area contributed by atoms with Gasteiger partial charge in [0.15, 0.2) is 6.04 Å². The van der Waals surface area contributed by atoms with Crippen LogP contribution in [-0.4, -0.2) is 24.4 Å². The number of carbonyl (C=O) groups is 1. The van der Waals surface area contributed by atoms with Gasteiger partial charge >= 0.3 is 5.97 Å². The summed E-state index contributed by atoms with van der Waals surface area (Å²) in [7, 11) is 1.74. The number of hydrogen-bond donors (Lipinski definition) is 0. The van der Waals surface area contributed by atoms with Crippen molar-refractivity contribution >= 4 is 12.4 Å². The van der Waals surface area contributed by atoms with Gasteiger partial charge in [-0.2, -0.15) is 0 Å². The van der Waals surface area contributed by atoms with Crippen LogP contribution in [-0.2, 0) is 9.53 Å². The fourth-order valence-electron chi connectivity index (χ4n) is 1.42. The molecular formula is C10H10N2O2. The fourth-order valence-corrected chi connectivity index (χ4v) is 1.42. The molecule has 1 aliphatic rings. The maximum absolute atomic E-state index is 11.5. The molecule has 0 aromatic heterocycles. The molecule has 0 aliphatic carbocycles. The molecule has 0 N–H and O–H groups in total. The third kappa shape index (κ3) is 1.46. The highest BCUT2D eigenvalue weighted by Crippen LogP contribution is 2.22. The summed E-state index contributed by atoms with van der Waals surface area (Å²) in [6.07, 6.45) is 1.15. The van der Waals surface area contributed by atoms with Crippen LogP contribution in [0.5, 0.6) is 0 Å². The molecule has 1 unspecified atom stereocenters. The second-order valence-corrected chi connectivity index (χ2v) is 3.04. The molecule has 0 saturated heterocycles. The van der Waals surface area contributed by atoms with Gasteiger partial charge in [0.05, 0.1) is 0 Å². The summed E-state index contributed by atoms with van der Waals surface area (Å²) in [5, 5.41) is 5.49. The van der Waals surface area contributed by atoms with Crippen LogP contribution in [0.15, 0.2) is 35.4 Å². The van der Waals surface area contributed by atoms with Crippen LogP contribution in [0.3, 0.4) is 0 Å². The zero-order chi connectivity index (χ0) is 9.97. The summed E-state index contributed by atoms with van der Waals surface area (Å²) < 4.78 is 4.74. The molecule has 0 spiro atoms. The van der Waals surface area contributed by atoms with E-state index in [1.165, 1.54) is 0 Å². The molecule has 0 radical (unpaired) electrons. The normalized spacial score (nSPS) is 20.8. The van der Waals surface area contributed by atoms with E-state index in [0.29, 0.717) is 0 Å². The zero-order valence-corrected chi connectivity index (χ0v) is 7.75. The molecule has 0 amide bonds. The summed E-state index contributed by atoms with van der Waals surface area (Å²) in [4.78, 5) is 11.5. The molecule has 1 atom stereocenters. The first-order valence-corrected chi connectivity index (χ1v) is 4.30. The van der Waals surface area contributed by atoms with Gasteiger partial charge in [-0.1, -0.05) is 30.3 Å². The van der Waals surface area contributed by atoms with E-state index in [1.54, 1.807) is 12.1 Å². The summed E-state index contributed by atoms with van der Waals surface area (Å²) in [6, 6.07) is 9.00. The number of likely N-dealkylation sites (N-methyl/N-ethyl adjacent to an activating group) is 1. The van der Waals surface area contributed by atoms with Crippen molar-refractivity contribution in [3.05, 3.63) is 35.9 Å². The van der Waals surface area contributed by atoms with Crippen molar-refractivity contribution in [2.45, 2.75) is 6.04 Å². The number of esters is 1. The van der Waals surface area contributed by atoms with E-state index in [9.17, 15) is 4.79 Å². The lowest BCUT2D eigenvalue weighted by molar-refractivity contribution is -0.143. The first-order valence-electron chi connectivity index (χ1n) is 4.30. The van der Waals surface area contributed by atoms with Gasteiger partial charge in [-0.25, -0.2) is 4.79 Å². The van der Waals surface area contributed by atoms with Gasteiger partial charge < -0.3 is 4.74 Å². The lowest BCUT2D eigenvalue weighted by atomic mass is 10.1. The number of rotatable bonds is 1. The molecule has 1 aromatic rings. The Morgan fingerprint density at radius 2 is 2.07 bits per heavy atom. The molecular weight excluding hydrogens is 180 g/mol. The fraction of sp³-hybridized carbons (Fsp3) is 0.200. The number of carbonyl (C=O) groups excluding carboxylic acids is 1. The average molecular weight is 190 g/mol. The van der Waals surface area contributed by atoms with Crippen molar-refractivity contribution in [1.82, 2.24) is 5.01 Å². The van der Waals surface area contributed by atoms with Gasteiger partial charge in [0.1, 0.15) is 0 Å². The summed E-state index contributed by atoms with van der Waals surface area (Å²) in [5.74, 6) is -0.297. The molecule has 4 heteroatoms. The lowest BCUT2D eigenvalue weighted by Gasteiger charge is -2.26.